The summed E-state index contributed by atoms with van der Waals surface area (Å²) in [6.07, 6.45) is 0. The second-order valence-electron chi connectivity index (χ2n) is 4.13. The van der Waals surface area contributed by atoms with Gasteiger partial charge < -0.3 is 15.3 Å². The van der Waals surface area contributed by atoms with Gasteiger partial charge in [-0.05, 0) is 54.8 Å². The molecular formula is C14H14O3. The maximum Gasteiger partial charge on any atom is 0.127 e. The van der Waals surface area contributed by atoms with E-state index in [0.717, 1.165) is 0 Å². The number of hydrogen-bond donors (Lipinski definition) is 3. The molecule has 0 aliphatic rings. The van der Waals surface area contributed by atoms with Crippen molar-refractivity contribution in [3.8, 4) is 28.4 Å². The van der Waals surface area contributed by atoms with Crippen LogP contribution in [0.3, 0.4) is 0 Å². The molecule has 0 aliphatic carbocycles. The summed E-state index contributed by atoms with van der Waals surface area (Å²) in [4.78, 5) is 0. The summed E-state index contributed by atoms with van der Waals surface area (Å²) in [5.41, 5.74) is 2.50. The van der Waals surface area contributed by atoms with E-state index in [-0.39, 0.29) is 17.2 Å². The number of phenols is 3. The van der Waals surface area contributed by atoms with E-state index in [4.69, 9.17) is 0 Å². The third-order valence-electron chi connectivity index (χ3n) is 2.80. The molecular weight excluding hydrogens is 216 g/mol. The summed E-state index contributed by atoms with van der Waals surface area (Å²) in [6, 6.07) is 8.08. The molecule has 0 amide bonds. The van der Waals surface area contributed by atoms with E-state index in [1.807, 2.05) is 0 Å². The summed E-state index contributed by atoms with van der Waals surface area (Å²) in [5, 5.41) is 29.2. The lowest BCUT2D eigenvalue weighted by Gasteiger charge is -2.11. The molecule has 2 aromatic carbocycles. The highest BCUT2D eigenvalue weighted by Gasteiger charge is 2.12. The van der Waals surface area contributed by atoms with Crippen LogP contribution in [-0.4, -0.2) is 15.3 Å². The molecule has 0 radical (unpaired) electrons. The second kappa shape index (κ2) is 4.01. The maximum absolute atomic E-state index is 9.77. The molecule has 0 aliphatic heterocycles. The molecule has 0 heterocycles. The highest BCUT2D eigenvalue weighted by Crippen LogP contribution is 2.39. The molecule has 0 aromatic heterocycles. The Labute approximate surface area is 99.6 Å². The molecule has 0 saturated carbocycles. The zero-order valence-electron chi connectivity index (χ0n) is 9.73. The highest BCUT2D eigenvalue weighted by molar-refractivity contribution is 5.77. The van der Waals surface area contributed by atoms with E-state index in [9.17, 15) is 15.3 Å². The van der Waals surface area contributed by atoms with Gasteiger partial charge in [0.2, 0.25) is 0 Å². The first-order valence-corrected chi connectivity index (χ1v) is 5.32. The van der Waals surface area contributed by atoms with Gasteiger partial charge in [0.25, 0.3) is 0 Å². The first kappa shape index (κ1) is 11.3. The fourth-order valence-electron chi connectivity index (χ4n) is 1.92. The molecule has 0 fully saturated rings. The lowest BCUT2D eigenvalue weighted by molar-refractivity contribution is 0.453. The van der Waals surface area contributed by atoms with Gasteiger partial charge in [-0.3, -0.25) is 0 Å². The van der Waals surface area contributed by atoms with Gasteiger partial charge >= 0.3 is 0 Å². The number of rotatable bonds is 1. The van der Waals surface area contributed by atoms with Crippen molar-refractivity contribution in [3.05, 3.63) is 41.5 Å². The average Bonchev–Trinajstić information content (AvgIpc) is 2.25. The Hall–Kier alpha value is -2.16. The van der Waals surface area contributed by atoms with Crippen LogP contribution in [0, 0.1) is 13.8 Å². The van der Waals surface area contributed by atoms with Crippen LogP contribution in [0.2, 0.25) is 0 Å². The van der Waals surface area contributed by atoms with Crippen molar-refractivity contribution in [1.82, 2.24) is 0 Å². The number of aromatic hydroxyl groups is 3. The standard InChI is InChI=1S/C14H14O3/c1-8-6-10(7-9(2)14(8)17)13-11(15)4-3-5-12(13)16/h3-7,15-17H,1-2H3. The minimum atomic E-state index is 0.0227. The smallest absolute Gasteiger partial charge is 0.127 e. The largest absolute Gasteiger partial charge is 0.507 e. The van der Waals surface area contributed by atoms with Crippen LogP contribution < -0.4 is 0 Å². The Morgan fingerprint density at radius 2 is 1.29 bits per heavy atom. The van der Waals surface area contributed by atoms with E-state index in [1.165, 1.54) is 12.1 Å². The fourth-order valence-corrected chi connectivity index (χ4v) is 1.92. The van der Waals surface area contributed by atoms with Crippen molar-refractivity contribution < 1.29 is 15.3 Å². The van der Waals surface area contributed by atoms with Crippen molar-refractivity contribution in [3.63, 3.8) is 0 Å². The lowest BCUT2D eigenvalue weighted by Crippen LogP contribution is -1.86. The van der Waals surface area contributed by atoms with Gasteiger partial charge in [-0.2, -0.15) is 0 Å². The van der Waals surface area contributed by atoms with Gasteiger partial charge in [-0.15, -0.1) is 0 Å². The number of benzene rings is 2. The molecule has 17 heavy (non-hydrogen) atoms. The number of aryl methyl sites for hydroxylation is 2. The Morgan fingerprint density at radius 3 is 1.76 bits per heavy atom. The predicted molar refractivity (Wildman–Crippen MR) is 66.3 cm³/mol. The summed E-state index contributed by atoms with van der Waals surface area (Å²) < 4.78 is 0. The molecule has 0 spiro atoms. The SMILES string of the molecule is Cc1cc(-c2c(O)cccc2O)cc(C)c1O. The predicted octanol–water partition coefficient (Wildman–Crippen LogP) is 3.09. The Kier molecular flexibility index (Phi) is 2.68. The zero-order chi connectivity index (χ0) is 12.6. The summed E-state index contributed by atoms with van der Waals surface area (Å²) >= 11 is 0. The highest BCUT2D eigenvalue weighted by atomic mass is 16.3. The van der Waals surface area contributed by atoms with Gasteiger partial charge in [0.1, 0.15) is 17.2 Å². The molecule has 2 rings (SSSR count). The van der Waals surface area contributed by atoms with Gasteiger partial charge in [0.15, 0.2) is 0 Å². The number of hydrogen-bond acceptors (Lipinski definition) is 3. The van der Waals surface area contributed by atoms with Gasteiger partial charge in [0, 0.05) is 0 Å². The van der Waals surface area contributed by atoms with Crippen molar-refractivity contribution >= 4 is 0 Å². The van der Waals surface area contributed by atoms with E-state index in [2.05, 4.69) is 0 Å². The monoisotopic (exact) mass is 230 g/mol. The fraction of sp³-hybridized carbons (Fsp3) is 0.143. The van der Waals surface area contributed by atoms with Crippen molar-refractivity contribution in [2.24, 2.45) is 0 Å². The molecule has 3 N–H and O–H groups in total. The Balaban J connectivity index is 2.69. The van der Waals surface area contributed by atoms with Crippen molar-refractivity contribution in [2.45, 2.75) is 13.8 Å². The first-order valence-electron chi connectivity index (χ1n) is 5.32. The quantitative estimate of drug-likeness (QED) is 0.705. The Bertz CT molecular complexity index is 530. The topological polar surface area (TPSA) is 60.7 Å². The third-order valence-corrected chi connectivity index (χ3v) is 2.80. The van der Waals surface area contributed by atoms with Crippen LogP contribution in [0.1, 0.15) is 11.1 Å². The molecule has 2 aromatic rings. The van der Waals surface area contributed by atoms with Crippen LogP contribution in [0.15, 0.2) is 30.3 Å². The minimum Gasteiger partial charge on any atom is -0.507 e. The molecule has 0 saturated heterocycles. The molecule has 0 unspecified atom stereocenters. The first-order chi connectivity index (χ1) is 8.00. The zero-order valence-corrected chi connectivity index (χ0v) is 9.73. The minimum absolute atomic E-state index is 0.0227. The average molecular weight is 230 g/mol. The van der Waals surface area contributed by atoms with Crippen LogP contribution in [0.25, 0.3) is 11.1 Å². The van der Waals surface area contributed by atoms with Crippen LogP contribution in [0.5, 0.6) is 17.2 Å². The van der Waals surface area contributed by atoms with Gasteiger partial charge in [-0.1, -0.05) is 6.07 Å². The van der Waals surface area contributed by atoms with E-state index in [1.54, 1.807) is 32.0 Å². The summed E-state index contributed by atoms with van der Waals surface area (Å²) in [5.74, 6) is 0.285. The van der Waals surface area contributed by atoms with E-state index in [0.29, 0.717) is 22.3 Å². The second-order valence-corrected chi connectivity index (χ2v) is 4.13. The van der Waals surface area contributed by atoms with Crippen LogP contribution in [0.4, 0.5) is 0 Å². The molecule has 88 valence electrons. The third kappa shape index (κ3) is 1.91. The Morgan fingerprint density at radius 1 is 0.824 bits per heavy atom. The van der Waals surface area contributed by atoms with E-state index < -0.39 is 0 Å². The number of phenolic OH excluding ortho intramolecular Hbond substituents is 3. The lowest BCUT2D eigenvalue weighted by atomic mass is 9.98. The van der Waals surface area contributed by atoms with Crippen LogP contribution in [-0.2, 0) is 0 Å². The maximum atomic E-state index is 9.77. The van der Waals surface area contributed by atoms with Gasteiger partial charge in [-0.25, -0.2) is 0 Å². The molecule has 0 bridgehead atoms. The summed E-state index contributed by atoms with van der Waals surface area (Å²) in [6.45, 7) is 3.56. The van der Waals surface area contributed by atoms with Crippen molar-refractivity contribution in [1.29, 1.82) is 0 Å². The van der Waals surface area contributed by atoms with Crippen molar-refractivity contribution in [2.75, 3.05) is 0 Å². The summed E-state index contributed by atoms with van der Waals surface area (Å²) in [7, 11) is 0. The molecule has 3 nitrogen and oxygen atoms in total. The van der Waals surface area contributed by atoms with Crippen LogP contribution >= 0.6 is 0 Å². The molecule has 3 heteroatoms. The van der Waals surface area contributed by atoms with E-state index >= 15 is 0 Å². The normalized spacial score (nSPS) is 10.5. The molecule has 0 atom stereocenters. The van der Waals surface area contributed by atoms with Gasteiger partial charge in [0.05, 0.1) is 5.56 Å².